The van der Waals surface area contributed by atoms with Crippen molar-refractivity contribution >= 4 is 12.0 Å². The highest BCUT2D eigenvalue weighted by atomic mass is 19.1. The van der Waals surface area contributed by atoms with Crippen molar-refractivity contribution in [3.8, 4) is 6.07 Å². The highest BCUT2D eigenvalue weighted by molar-refractivity contribution is 5.97. The third-order valence-corrected chi connectivity index (χ3v) is 2.28. The van der Waals surface area contributed by atoms with Gasteiger partial charge >= 0.3 is 5.97 Å². The van der Waals surface area contributed by atoms with E-state index in [1.165, 1.54) is 24.3 Å². The molecule has 0 bridgehead atoms. The molecule has 0 aliphatic heterocycles. The monoisotopic (exact) mass is 247 g/mol. The van der Waals surface area contributed by atoms with Crippen molar-refractivity contribution in [3.63, 3.8) is 0 Å². The Morgan fingerprint density at radius 2 is 2.22 bits per heavy atom. The summed E-state index contributed by atoms with van der Waals surface area (Å²) in [4.78, 5) is 11.5. The molecule has 4 heteroatoms. The minimum Gasteiger partial charge on any atom is -0.462 e. The summed E-state index contributed by atoms with van der Waals surface area (Å²) in [5, 5.41) is 8.86. The first-order chi connectivity index (χ1) is 8.69. The van der Waals surface area contributed by atoms with E-state index in [-0.39, 0.29) is 17.7 Å². The molecule has 18 heavy (non-hydrogen) atoms. The Bertz CT molecular complexity index is 489. The van der Waals surface area contributed by atoms with E-state index in [4.69, 9.17) is 10.00 Å². The second kappa shape index (κ2) is 7.23. The van der Waals surface area contributed by atoms with E-state index in [0.717, 1.165) is 12.8 Å². The lowest BCUT2D eigenvalue weighted by Crippen LogP contribution is -2.07. The average molecular weight is 247 g/mol. The van der Waals surface area contributed by atoms with E-state index in [1.54, 1.807) is 12.1 Å². The average Bonchev–Trinajstić information content (AvgIpc) is 2.38. The van der Waals surface area contributed by atoms with E-state index in [0.29, 0.717) is 0 Å². The molecule has 0 atom stereocenters. The van der Waals surface area contributed by atoms with Crippen LogP contribution < -0.4 is 0 Å². The van der Waals surface area contributed by atoms with Gasteiger partial charge in [0.05, 0.1) is 6.61 Å². The van der Waals surface area contributed by atoms with Gasteiger partial charge in [0.1, 0.15) is 17.5 Å². The maximum Gasteiger partial charge on any atom is 0.348 e. The first-order valence-electron chi connectivity index (χ1n) is 5.72. The second-order valence-corrected chi connectivity index (χ2v) is 3.68. The summed E-state index contributed by atoms with van der Waals surface area (Å²) >= 11 is 0. The quantitative estimate of drug-likeness (QED) is 0.348. The van der Waals surface area contributed by atoms with E-state index < -0.39 is 11.8 Å². The van der Waals surface area contributed by atoms with Gasteiger partial charge in [-0.3, -0.25) is 0 Å². The number of unbranched alkanes of at least 4 members (excludes halogenated alkanes) is 1. The van der Waals surface area contributed by atoms with Crippen LogP contribution in [0.3, 0.4) is 0 Å². The van der Waals surface area contributed by atoms with Crippen LogP contribution in [0.4, 0.5) is 4.39 Å². The molecule has 1 aromatic carbocycles. The number of hydrogen-bond acceptors (Lipinski definition) is 3. The molecule has 0 aromatic heterocycles. The van der Waals surface area contributed by atoms with Crippen molar-refractivity contribution in [2.24, 2.45) is 0 Å². The largest absolute Gasteiger partial charge is 0.462 e. The third kappa shape index (κ3) is 4.02. The van der Waals surface area contributed by atoms with Gasteiger partial charge in [0.2, 0.25) is 0 Å². The Balaban J connectivity index is 2.81. The molecule has 0 heterocycles. The van der Waals surface area contributed by atoms with Gasteiger partial charge in [-0.05, 0) is 18.6 Å². The molecule has 0 aliphatic rings. The SMILES string of the molecule is CCCCOC(=O)/C(C#N)=C\c1ccccc1F. The van der Waals surface area contributed by atoms with Gasteiger partial charge in [0, 0.05) is 5.56 Å². The fraction of sp³-hybridized carbons (Fsp3) is 0.286. The first-order valence-corrected chi connectivity index (χ1v) is 5.72. The Hall–Kier alpha value is -2.15. The number of esters is 1. The van der Waals surface area contributed by atoms with E-state index in [2.05, 4.69) is 0 Å². The van der Waals surface area contributed by atoms with Crippen LogP contribution in [0, 0.1) is 17.1 Å². The van der Waals surface area contributed by atoms with Crippen LogP contribution >= 0.6 is 0 Å². The summed E-state index contributed by atoms with van der Waals surface area (Å²) in [6.45, 7) is 2.24. The minimum absolute atomic E-state index is 0.196. The molecule has 0 amide bonds. The molecule has 0 spiro atoms. The number of benzene rings is 1. The molecule has 0 aliphatic carbocycles. The molecule has 0 saturated carbocycles. The summed E-state index contributed by atoms with van der Waals surface area (Å²) < 4.78 is 18.2. The number of halogens is 1. The molecular formula is C14H14FNO2. The maximum atomic E-state index is 13.4. The highest BCUT2D eigenvalue weighted by Gasteiger charge is 2.11. The Labute approximate surface area is 105 Å². The van der Waals surface area contributed by atoms with Crippen LogP contribution in [0.1, 0.15) is 25.3 Å². The molecule has 0 saturated heterocycles. The molecule has 0 radical (unpaired) electrons. The number of nitrogens with zero attached hydrogens (tertiary/aromatic N) is 1. The number of carbonyl (C=O) groups is 1. The third-order valence-electron chi connectivity index (χ3n) is 2.28. The van der Waals surface area contributed by atoms with Crippen LogP contribution in [-0.4, -0.2) is 12.6 Å². The fourth-order valence-electron chi connectivity index (χ4n) is 1.27. The summed E-state index contributed by atoms with van der Waals surface area (Å²) in [6.07, 6.45) is 2.83. The Kier molecular flexibility index (Phi) is 5.59. The van der Waals surface area contributed by atoms with Crippen LogP contribution in [0.5, 0.6) is 0 Å². The van der Waals surface area contributed by atoms with Crippen molar-refractivity contribution in [1.82, 2.24) is 0 Å². The molecule has 1 aromatic rings. The second-order valence-electron chi connectivity index (χ2n) is 3.68. The zero-order valence-electron chi connectivity index (χ0n) is 10.1. The number of ether oxygens (including phenoxy) is 1. The summed E-state index contributed by atoms with van der Waals surface area (Å²) in [7, 11) is 0. The van der Waals surface area contributed by atoms with Crippen LogP contribution in [0.25, 0.3) is 6.08 Å². The van der Waals surface area contributed by atoms with E-state index in [9.17, 15) is 9.18 Å². The zero-order valence-corrected chi connectivity index (χ0v) is 10.1. The minimum atomic E-state index is -0.714. The smallest absolute Gasteiger partial charge is 0.348 e. The molecule has 0 unspecified atom stereocenters. The highest BCUT2D eigenvalue weighted by Crippen LogP contribution is 2.12. The number of nitriles is 1. The van der Waals surface area contributed by atoms with Crippen molar-refractivity contribution in [2.75, 3.05) is 6.61 Å². The zero-order chi connectivity index (χ0) is 13.4. The summed E-state index contributed by atoms with van der Waals surface area (Å²) in [6, 6.07) is 7.65. The lowest BCUT2D eigenvalue weighted by molar-refractivity contribution is -0.138. The predicted octanol–water partition coefficient (Wildman–Crippen LogP) is 3.08. The summed E-state index contributed by atoms with van der Waals surface area (Å²) in [5.41, 5.74) is -0.00213. The van der Waals surface area contributed by atoms with Crippen LogP contribution in [0.15, 0.2) is 29.8 Å². The number of hydrogen-bond donors (Lipinski definition) is 0. The molecule has 94 valence electrons. The van der Waals surface area contributed by atoms with Gasteiger partial charge in [-0.25, -0.2) is 9.18 Å². The van der Waals surface area contributed by atoms with Gasteiger partial charge in [-0.2, -0.15) is 5.26 Å². The van der Waals surface area contributed by atoms with Crippen molar-refractivity contribution in [2.45, 2.75) is 19.8 Å². The molecule has 3 nitrogen and oxygen atoms in total. The lowest BCUT2D eigenvalue weighted by Gasteiger charge is -2.02. The number of carbonyl (C=O) groups excluding carboxylic acids is 1. The topological polar surface area (TPSA) is 50.1 Å². The Morgan fingerprint density at radius 3 is 2.83 bits per heavy atom. The standard InChI is InChI=1S/C14H14FNO2/c1-2-3-8-18-14(17)12(10-16)9-11-6-4-5-7-13(11)15/h4-7,9H,2-3,8H2,1H3/b12-9-. The molecule has 0 N–H and O–H groups in total. The summed E-state index contributed by atoms with van der Waals surface area (Å²) in [5.74, 6) is -1.19. The fourth-order valence-corrected chi connectivity index (χ4v) is 1.27. The van der Waals surface area contributed by atoms with Crippen LogP contribution in [-0.2, 0) is 9.53 Å². The predicted molar refractivity (Wildman–Crippen MR) is 65.9 cm³/mol. The van der Waals surface area contributed by atoms with E-state index >= 15 is 0 Å². The molecule has 1 rings (SSSR count). The number of rotatable bonds is 5. The van der Waals surface area contributed by atoms with Gasteiger partial charge in [-0.15, -0.1) is 0 Å². The molecular weight excluding hydrogens is 233 g/mol. The van der Waals surface area contributed by atoms with Gasteiger partial charge in [0.25, 0.3) is 0 Å². The van der Waals surface area contributed by atoms with Crippen LogP contribution in [0.2, 0.25) is 0 Å². The van der Waals surface area contributed by atoms with Gasteiger partial charge in [0.15, 0.2) is 0 Å². The first kappa shape index (κ1) is 13.9. The van der Waals surface area contributed by atoms with Crippen molar-refractivity contribution in [3.05, 3.63) is 41.2 Å². The van der Waals surface area contributed by atoms with E-state index in [1.807, 2.05) is 6.92 Å². The van der Waals surface area contributed by atoms with Crippen molar-refractivity contribution < 1.29 is 13.9 Å². The van der Waals surface area contributed by atoms with Crippen molar-refractivity contribution in [1.29, 1.82) is 5.26 Å². The lowest BCUT2D eigenvalue weighted by atomic mass is 10.1. The van der Waals surface area contributed by atoms with Gasteiger partial charge in [-0.1, -0.05) is 31.5 Å². The van der Waals surface area contributed by atoms with Gasteiger partial charge < -0.3 is 4.74 Å². The maximum absolute atomic E-state index is 13.4. The normalized spacial score (nSPS) is 10.8. The Morgan fingerprint density at radius 1 is 1.50 bits per heavy atom. The molecule has 0 fully saturated rings.